The molecule has 0 aromatic heterocycles. The summed E-state index contributed by atoms with van der Waals surface area (Å²) in [6, 6.07) is 11.5. The van der Waals surface area contributed by atoms with Crippen LogP contribution in [0.5, 0.6) is 11.5 Å². The van der Waals surface area contributed by atoms with Gasteiger partial charge in [-0.15, -0.1) is 0 Å². The summed E-state index contributed by atoms with van der Waals surface area (Å²) in [6.07, 6.45) is 0. The van der Waals surface area contributed by atoms with Crippen LogP contribution in [0.2, 0.25) is 5.02 Å². The van der Waals surface area contributed by atoms with E-state index in [1.807, 2.05) is 30.3 Å². The van der Waals surface area contributed by atoms with E-state index in [-0.39, 0.29) is 0 Å². The van der Waals surface area contributed by atoms with Gasteiger partial charge in [-0.2, -0.15) is 0 Å². The highest BCUT2D eigenvalue weighted by Gasteiger charge is 2.05. The molecule has 2 aromatic rings. The van der Waals surface area contributed by atoms with Gasteiger partial charge in [0.05, 0.1) is 0 Å². The van der Waals surface area contributed by atoms with E-state index in [0.717, 1.165) is 11.3 Å². The lowest BCUT2D eigenvalue weighted by atomic mass is 10.1. The molecule has 3 heteroatoms. The van der Waals surface area contributed by atoms with E-state index >= 15 is 0 Å². The van der Waals surface area contributed by atoms with Crippen molar-refractivity contribution in [2.24, 2.45) is 5.73 Å². The summed E-state index contributed by atoms with van der Waals surface area (Å²) in [5.74, 6) is 1.52. The monoisotopic (exact) mass is 261 g/mol. The second kappa shape index (κ2) is 5.42. The summed E-state index contributed by atoms with van der Waals surface area (Å²) >= 11 is 5.98. The Bertz CT molecular complexity index is 566. The first-order chi connectivity index (χ1) is 8.60. The fourth-order valence-electron chi connectivity index (χ4n) is 1.70. The largest absolute Gasteiger partial charge is 0.457 e. The first kappa shape index (κ1) is 12.9. The van der Waals surface area contributed by atoms with E-state index in [4.69, 9.17) is 22.1 Å². The van der Waals surface area contributed by atoms with Gasteiger partial charge < -0.3 is 10.5 Å². The third-order valence-electron chi connectivity index (χ3n) is 2.96. The molecule has 0 bridgehead atoms. The molecule has 0 saturated heterocycles. The summed E-state index contributed by atoms with van der Waals surface area (Å²) in [5, 5.41) is 0.644. The van der Waals surface area contributed by atoms with Gasteiger partial charge in [-0.3, -0.25) is 0 Å². The van der Waals surface area contributed by atoms with Gasteiger partial charge in [0.2, 0.25) is 0 Å². The van der Waals surface area contributed by atoms with E-state index in [2.05, 4.69) is 13.8 Å². The van der Waals surface area contributed by atoms with Crippen molar-refractivity contribution in [1.29, 1.82) is 0 Å². The predicted molar refractivity (Wildman–Crippen MR) is 75.3 cm³/mol. The zero-order valence-corrected chi connectivity index (χ0v) is 11.3. The van der Waals surface area contributed by atoms with E-state index < -0.39 is 0 Å². The number of rotatable bonds is 3. The van der Waals surface area contributed by atoms with E-state index in [0.29, 0.717) is 17.3 Å². The van der Waals surface area contributed by atoms with Crippen molar-refractivity contribution < 1.29 is 4.74 Å². The molecule has 18 heavy (non-hydrogen) atoms. The minimum Gasteiger partial charge on any atom is -0.457 e. The van der Waals surface area contributed by atoms with Crippen LogP contribution in [-0.4, -0.2) is 0 Å². The maximum absolute atomic E-state index is 5.98. The lowest BCUT2D eigenvalue weighted by molar-refractivity contribution is 0.476. The maximum Gasteiger partial charge on any atom is 0.133 e. The van der Waals surface area contributed by atoms with Crippen molar-refractivity contribution in [3.8, 4) is 11.5 Å². The minimum atomic E-state index is 0.428. The Morgan fingerprint density at radius 2 is 1.83 bits per heavy atom. The van der Waals surface area contributed by atoms with Crippen LogP contribution in [0.3, 0.4) is 0 Å². The molecule has 2 nitrogen and oxygen atoms in total. The molecule has 0 amide bonds. The predicted octanol–water partition coefficient (Wildman–Crippen LogP) is 4.21. The van der Waals surface area contributed by atoms with E-state index in [1.54, 1.807) is 6.07 Å². The highest BCUT2D eigenvalue weighted by Crippen LogP contribution is 2.29. The second-order valence-electron chi connectivity index (χ2n) is 4.30. The number of benzene rings is 2. The Morgan fingerprint density at radius 1 is 1.06 bits per heavy atom. The highest BCUT2D eigenvalue weighted by molar-refractivity contribution is 6.30. The number of hydrogen-bond acceptors (Lipinski definition) is 2. The molecule has 2 N–H and O–H groups in total. The van der Waals surface area contributed by atoms with Crippen LogP contribution in [0.15, 0.2) is 36.4 Å². The molecular weight excluding hydrogens is 246 g/mol. The third-order valence-corrected chi connectivity index (χ3v) is 3.19. The quantitative estimate of drug-likeness (QED) is 0.898. The first-order valence-electron chi connectivity index (χ1n) is 5.84. The van der Waals surface area contributed by atoms with Crippen LogP contribution in [0.4, 0.5) is 0 Å². The average Bonchev–Trinajstić information content (AvgIpc) is 2.34. The first-order valence-corrected chi connectivity index (χ1v) is 6.21. The lowest BCUT2D eigenvalue weighted by Crippen LogP contribution is -1.99. The number of nitrogens with two attached hydrogens (primary N) is 1. The minimum absolute atomic E-state index is 0.428. The summed E-state index contributed by atoms with van der Waals surface area (Å²) in [7, 11) is 0. The second-order valence-corrected chi connectivity index (χ2v) is 4.74. The Balaban J connectivity index is 2.33. The van der Waals surface area contributed by atoms with Gasteiger partial charge in [-0.25, -0.2) is 0 Å². The molecule has 0 aliphatic carbocycles. The normalized spacial score (nSPS) is 10.4. The van der Waals surface area contributed by atoms with Gasteiger partial charge in [-0.05, 0) is 49.2 Å². The molecular formula is C15H16ClNO. The van der Waals surface area contributed by atoms with Crippen LogP contribution in [0.1, 0.15) is 16.7 Å². The summed E-state index contributed by atoms with van der Waals surface area (Å²) in [6.45, 7) is 4.56. The van der Waals surface area contributed by atoms with Crippen molar-refractivity contribution >= 4 is 11.6 Å². The van der Waals surface area contributed by atoms with Crippen molar-refractivity contribution in [3.05, 3.63) is 58.1 Å². The highest BCUT2D eigenvalue weighted by atomic mass is 35.5. The molecule has 0 spiro atoms. The van der Waals surface area contributed by atoms with Gasteiger partial charge in [0.1, 0.15) is 11.5 Å². The third kappa shape index (κ3) is 2.84. The zero-order chi connectivity index (χ0) is 13.1. The van der Waals surface area contributed by atoms with Crippen molar-refractivity contribution in [1.82, 2.24) is 0 Å². The van der Waals surface area contributed by atoms with Gasteiger partial charge in [0.25, 0.3) is 0 Å². The molecule has 2 rings (SSSR count). The van der Waals surface area contributed by atoms with Gasteiger partial charge >= 0.3 is 0 Å². The van der Waals surface area contributed by atoms with Crippen molar-refractivity contribution in [3.63, 3.8) is 0 Å². The van der Waals surface area contributed by atoms with Gasteiger partial charge in [0, 0.05) is 17.1 Å². The van der Waals surface area contributed by atoms with Crippen LogP contribution in [-0.2, 0) is 6.54 Å². The average molecular weight is 262 g/mol. The molecule has 0 aliphatic heterocycles. The van der Waals surface area contributed by atoms with Crippen LogP contribution < -0.4 is 10.5 Å². The Hall–Kier alpha value is -1.51. The number of aryl methyl sites for hydroxylation is 2. The van der Waals surface area contributed by atoms with Gasteiger partial charge in [-0.1, -0.05) is 23.7 Å². The fraction of sp³-hybridized carbons (Fsp3) is 0.200. The maximum atomic E-state index is 5.98. The van der Waals surface area contributed by atoms with Crippen molar-refractivity contribution in [2.75, 3.05) is 0 Å². The molecule has 0 radical (unpaired) electrons. The molecule has 94 valence electrons. The Morgan fingerprint density at radius 3 is 2.50 bits per heavy atom. The molecule has 0 saturated carbocycles. The van der Waals surface area contributed by atoms with Crippen molar-refractivity contribution in [2.45, 2.75) is 20.4 Å². The molecule has 0 heterocycles. The van der Waals surface area contributed by atoms with Crippen LogP contribution >= 0.6 is 11.6 Å². The molecule has 0 fully saturated rings. The number of halogens is 1. The SMILES string of the molecule is Cc1ccc(Oc2cc(Cl)ccc2CN)cc1C. The molecule has 0 atom stereocenters. The zero-order valence-electron chi connectivity index (χ0n) is 10.5. The molecule has 0 unspecified atom stereocenters. The Labute approximate surface area is 112 Å². The number of ether oxygens (including phenoxy) is 1. The Kier molecular flexibility index (Phi) is 3.90. The fourth-order valence-corrected chi connectivity index (χ4v) is 1.86. The smallest absolute Gasteiger partial charge is 0.133 e. The van der Waals surface area contributed by atoms with E-state index in [9.17, 15) is 0 Å². The summed E-state index contributed by atoms with van der Waals surface area (Å²) in [4.78, 5) is 0. The number of hydrogen-bond donors (Lipinski definition) is 1. The lowest BCUT2D eigenvalue weighted by Gasteiger charge is -2.11. The van der Waals surface area contributed by atoms with Crippen LogP contribution in [0.25, 0.3) is 0 Å². The van der Waals surface area contributed by atoms with Gasteiger partial charge in [0.15, 0.2) is 0 Å². The summed E-state index contributed by atoms with van der Waals surface area (Å²) < 4.78 is 5.85. The van der Waals surface area contributed by atoms with Crippen LogP contribution in [0, 0.1) is 13.8 Å². The summed E-state index contributed by atoms with van der Waals surface area (Å²) in [5.41, 5.74) is 9.07. The standard InChI is InChI=1S/C15H16ClNO/c1-10-3-6-14(7-11(10)2)18-15-8-13(16)5-4-12(15)9-17/h3-8H,9,17H2,1-2H3. The topological polar surface area (TPSA) is 35.2 Å². The molecule has 2 aromatic carbocycles. The molecule has 0 aliphatic rings. The van der Waals surface area contributed by atoms with E-state index in [1.165, 1.54) is 11.1 Å².